The minimum Gasteiger partial charge on any atom is -0.384 e. The molecule has 0 aliphatic carbocycles. The van der Waals surface area contributed by atoms with Crippen molar-refractivity contribution in [3.8, 4) is 0 Å². The Hall–Kier alpha value is -2.88. The number of nitrogens with one attached hydrogen (secondary N) is 2. The number of hydrogen-bond acceptors (Lipinski definition) is 8. The van der Waals surface area contributed by atoms with Crippen LogP contribution in [0.1, 0.15) is 43.5 Å². The second-order valence-corrected chi connectivity index (χ2v) is 10.1. The van der Waals surface area contributed by atoms with Crippen LogP contribution in [-0.2, 0) is 10.0 Å². The highest BCUT2D eigenvalue weighted by atomic mass is 32.2. The number of pyridine rings is 2. The highest BCUT2D eigenvalue weighted by Crippen LogP contribution is 2.39. The van der Waals surface area contributed by atoms with E-state index < -0.39 is 15.9 Å². The summed E-state index contributed by atoms with van der Waals surface area (Å²) in [6, 6.07) is 7.69. The fourth-order valence-electron chi connectivity index (χ4n) is 4.30. The maximum Gasteiger partial charge on any atom is 0.281 e. The van der Waals surface area contributed by atoms with Crippen molar-refractivity contribution in [1.82, 2.24) is 14.7 Å². The average molecular weight is 431 g/mol. The number of rotatable bonds is 0. The molecule has 160 valence electrons. The largest absolute Gasteiger partial charge is 0.384 e. The zero-order valence-electron chi connectivity index (χ0n) is 17.1. The van der Waals surface area contributed by atoms with E-state index in [2.05, 4.69) is 38.8 Å². The predicted molar refractivity (Wildman–Crippen MR) is 115 cm³/mol. The molecule has 2 aromatic rings. The van der Waals surface area contributed by atoms with Gasteiger partial charge in [0.25, 0.3) is 15.9 Å². The molecule has 30 heavy (non-hydrogen) atoms. The van der Waals surface area contributed by atoms with Gasteiger partial charge in [-0.25, -0.2) is 14.7 Å². The van der Waals surface area contributed by atoms with Gasteiger partial charge in [-0.2, -0.15) is 8.42 Å². The molecule has 2 aliphatic heterocycles. The van der Waals surface area contributed by atoms with E-state index in [1.54, 1.807) is 12.1 Å². The molecular formula is C20H26N6O3S. The number of nitrogen functional groups attached to an aromatic ring is 1. The SMILES string of the molecule is CC1(C)C[C@@H]2CCCNc3cccc(n3)S(=O)(=O)NC(=O)c3ccc(N)nc3N1C2. The van der Waals surface area contributed by atoms with E-state index in [-0.39, 0.29) is 21.9 Å². The first-order chi connectivity index (χ1) is 14.2. The van der Waals surface area contributed by atoms with Crippen LogP contribution in [0.5, 0.6) is 0 Å². The summed E-state index contributed by atoms with van der Waals surface area (Å²) < 4.78 is 27.7. The minimum atomic E-state index is -4.15. The molecule has 0 radical (unpaired) electrons. The Morgan fingerprint density at radius 1 is 1.20 bits per heavy atom. The number of nitrogens with zero attached hydrogens (tertiary/aromatic N) is 3. The molecule has 0 aromatic carbocycles. The van der Waals surface area contributed by atoms with Gasteiger partial charge >= 0.3 is 0 Å². The lowest BCUT2D eigenvalue weighted by molar-refractivity contribution is 0.0981. The van der Waals surface area contributed by atoms with Gasteiger partial charge in [-0.15, -0.1) is 0 Å². The summed E-state index contributed by atoms with van der Waals surface area (Å²) in [5.41, 5.74) is 5.85. The lowest BCUT2D eigenvalue weighted by atomic mass is 9.93. The number of fused-ring (bicyclic) bond motifs is 6. The molecule has 4 heterocycles. The molecule has 2 aliphatic rings. The molecule has 9 nitrogen and oxygen atoms in total. The van der Waals surface area contributed by atoms with E-state index >= 15 is 0 Å². The molecular weight excluding hydrogens is 404 g/mol. The number of sulfonamides is 1. The molecule has 1 atom stereocenters. The van der Waals surface area contributed by atoms with E-state index in [1.807, 2.05) is 0 Å². The lowest BCUT2D eigenvalue weighted by Gasteiger charge is -2.33. The van der Waals surface area contributed by atoms with Crippen molar-refractivity contribution >= 4 is 33.4 Å². The summed E-state index contributed by atoms with van der Waals surface area (Å²) in [5, 5.41) is 2.96. The van der Waals surface area contributed by atoms with Crippen LogP contribution in [0.15, 0.2) is 35.4 Å². The molecule has 1 fully saturated rings. The van der Waals surface area contributed by atoms with Crippen LogP contribution >= 0.6 is 0 Å². The molecule has 1 amide bonds. The van der Waals surface area contributed by atoms with Gasteiger partial charge in [0, 0.05) is 18.6 Å². The van der Waals surface area contributed by atoms with Gasteiger partial charge in [0.15, 0.2) is 5.03 Å². The van der Waals surface area contributed by atoms with Crippen molar-refractivity contribution in [2.24, 2.45) is 5.92 Å². The fraction of sp³-hybridized carbons (Fsp3) is 0.450. The van der Waals surface area contributed by atoms with Crippen LogP contribution in [0.4, 0.5) is 17.5 Å². The number of carbonyl (C=O) groups is 1. The smallest absolute Gasteiger partial charge is 0.281 e. The summed E-state index contributed by atoms with van der Waals surface area (Å²) in [4.78, 5) is 23.7. The van der Waals surface area contributed by atoms with E-state index in [0.29, 0.717) is 24.1 Å². The monoisotopic (exact) mass is 430 g/mol. The second kappa shape index (κ2) is 7.42. The third-order valence-corrected chi connectivity index (χ3v) is 6.91. The number of carbonyl (C=O) groups excluding carboxylic acids is 1. The summed E-state index contributed by atoms with van der Waals surface area (Å²) in [5.74, 6) is 0.814. The van der Waals surface area contributed by atoms with Crippen molar-refractivity contribution in [2.45, 2.75) is 43.7 Å². The second-order valence-electron chi connectivity index (χ2n) is 8.47. The van der Waals surface area contributed by atoms with Crippen molar-refractivity contribution in [1.29, 1.82) is 0 Å². The number of amides is 1. The van der Waals surface area contributed by atoms with Crippen LogP contribution in [0.2, 0.25) is 0 Å². The van der Waals surface area contributed by atoms with Crippen LogP contribution in [0.3, 0.4) is 0 Å². The summed E-state index contributed by atoms with van der Waals surface area (Å²) in [7, 11) is -4.15. The van der Waals surface area contributed by atoms with Gasteiger partial charge < -0.3 is 16.0 Å². The molecule has 10 heteroatoms. The predicted octanol–water partition coefficient (Wildman–Crippen LogP) is 1.99. The number of anilines is 3. The topological polar surface area (TPSA) is 130 Å². The molecule has 4 bridgehead atoms. The van der Waals surface area contributed by atoms with Crippen LogP contribution in [0.25, 0.3) is 0 Å². The van der Waals surface area contributed by atoms with Gasteiger partial charge in [0.2, 0.25) is 0 Å². The summed E-state index contributed by atoms with van der Waals surface area (Å²) >= 11 is 0. The first-order valence-corrected chi connectivity index (χ1v) is 11.5. The number of nitrogens with two attached hydrogens (primary N) is 1. The summed E-state index contributed by atoms with van der Waals surface area (Å²) in [6.45, 7) is 5.61. The number of hydrogen-bond donors (Lipinski definition) is 3. The molecule has 0 spiro atoms. The Bertz CT molecular complexity index is 1090. The molecule has 2 aromatic heterocycles. The molecule has 4 rings (SSSR count). The van der Waals surface area contributed by atoms with Crippen molar-refractivity contribution in [3.05, 3.63) is 35.9 Å². The van der Waals surface area contributed by atoms with E-state index in [0.717, 1.165) is 25.8 Å². The Morgan fingerprint density at radius 2 is 2.00 bits per heavy atom. The van der Waals surface area contributed by atoms with Crippen molar-refractivity contribution in [3.63, 3.8) is 0 Å². The Labute approximate surface area is 176 Å². The van der Waals surface area contributed by atoms with Gasteiger partial charge in [0.05, 0.1) is 5.56 Å². The van der Waals surface area contributed by atoms with E-state index in [9.17, 15) is 13.2 Å². The highest BCUT2D eigenvalue weighted by molar-refractivity contribution is 7.90. The third-order valence-electron chi connectivity index (χ3n) is 5.68. The van der Waals surface area contributed by atoms with Crippen LogP contribution < -0.4 is 20.7 Å². The zero-order chi connectivity index (χ0) is 21.5. The first kappa shape index (κ1) is 20.4. The maximum atomic E-state index is 13.0. The molecule has 4 N–H and O–H groups in total. The Morgan fingerprint density at radius 3 is 2.80 bits per heavy atom. The van der Waals surface area contributed by atoms with Crippen LogP contribution in [0, 0.1) is 5.92 Å². The first-order valence-electron chi connectivity index (χ1n) is 9.98. The summed E-state index contributed by atoms with van der Waals surface area (Å²) in [6.07, 6.45) is 2.85. The number of aromatic nitrogens is 2. The van der Waals surface area contributed by atoms with E-state index in [1.165, 1.54) is 18.2 Å². The highest BCUT2D eigenvalue weighted by Gasteiger charge is 2.40. The van der Waals surface area contributed by atoms with Gasteiger partial charge in [-0.1, -0.05) is 6.07 Å². The lowest BCUT2D eigenvalue weighted by Crippen LogP contribution is -2.41. The fourth-order valence-corrected chi connectivity index (χ4v) is 5.23. The normalized spacial score (nSPS) is 22.8. The quantitative estimate of drug-likeness (QED) is 0.578. The standard InChI is InChI=1S/C20H26N6O3S/c1-20(2)11-13-5-4-10-22-16-6-3-7-17(24-16)30(28,29)25-19(27)14-8-9-15(21)23-18(14)26(20)12-13/h3,6-9,13H,4-5,10-12H2,1-2H3,(H2,21,23)(H,22,24)(H,25,27)/t13-/m0/s1. The maximum absolute atomic E-state index is 13.0. The molecule has 0 saturated carbocycles. The van der Waals surface area contributed by atoms with Crippen LogP contribution in [-0.4, -0.2) is 42.9 Å². The van der Waals surface area contributed by atoms with Crippen molar-refractivity contribution in [2.75, 3.05) is 29.0 Å². The molecule has 1 saturated heterocycles. The zero-order valence-corrected chi connectivity index (χ0v) is 17.9. The Kier molecular flexibility index (Phi) is 5.05. The van der Waals surface area contributed by atoms with Gasteiger partial charge in [-0.3, -0.25) is 4.79 Å². The van der Waals surface area contributed by atoms with E-state index in [4.69, 9.17) is 5.73 Å². The Balaban J connectivity index is 1.80. The third kappa shape index (κ3) is 3.91. The minimum absolute atomic E-state index is 0.172. The molecule has 0 unspecified atom stereocenters. The average Bonchev–Trinajstić information content (AvgIpc) is 2.98. The van der Waals surface area contributed by atoms with Crippen molar-refractivity contribution < 1.29 is 13.2 Å². The van der Waals surface area contributed by atoms with Gasteiger partial charge in [-0.05, 0) is 63.3 Å². The van der Waals surface area contributed by atoms with Gasteiger partial charge in [0.1, 0.15) is 17.5 Å².